The first-order valence-corrected chi connectivity index (χ1v) is 13.7. The molecule has 0 spiro atoms. The predicted molar refractivity (Wildman–Crippen MR) is 157 cm³/mol. The molecule has 42 heavy (non-hydrogen) atoms. The number of nitrogens with one attached hydrogen (secondary N) is 5. The van der Waals surface area contributed by atoms with Crippen molar-refractivity contribution in [2.24, 2.45) is 11.7 Å². The first-order valence-electron chi connectivity index (χ1n) is 13.7. The van der Waals surface area contributed by atoms with Crippen molar-refractivity contribution in [2.75, 3.05) is 13.1 Å². The van der Waals surface area contributed by atoms with E-state index < -0.39 is 60.8 Å². The van der Waals surface area contributed by atoms with Gasteiger partial charge in [-0.2, -0.15) is 0 Å². The highest BCUT2D eigenvalue weighted by Crippen LogP contribution is 2.18. The molecule has 12 nitrogen and oxygen atoms in total. The minimum atomic E-state index is -1.17. The summed E-state index contributed by atoms with van der Waals surface area (Å²) in [6.45, 7) is 2.84. The minimum absolute atomic E-state index is 0.0207. The van der Waals surface area contributed by atoms with Crippen LogP contribution in [0.1, 0.15) is 31.4 Å². The zero-order valence-electron chi connectivity index (χ0n) is 23.7. The quantitative estimate of drug-likeness (QED) is 0.137. The highest BCUT2D eigenvalue weighted by Gasteiger charge is 2.27. The molecule has 1 aromatic heterocycles. The van der Waals surface area contributed by atoms with Crippen molar-refractivity contribution >= 4 is 40.5 Å². The molecule has 0 saturated heterocycles. The number of fused-ring (bicyclic) bond motifs is 1. The third kappa shape index (κ3) is 9.73. The van der Waals surface area contributed by atoms with Crippen LogP contribution in [-0.4, -0.2) is 70.9 Å². The number of aromatic nitrogens is 1. The minimum Gasteiger partial charge on any atom is -0.480 e. The monoisotopic (exact) mass is 578 g/mol. The van der Waals surface area contributed by atoms with E-state index in [-0.39, 0.29) is 25.2 Å². The molecule has 0 aliphatic heterocycles. The molecule has 0 fully saturated rings. The number of hydrogen-bond acceptors (Lipinski definition) is 6. The molecular formula is C30H38N6O6. The molecule has 3 atom stereocenters. The molecule has 3 aromatic rings. The largest absolute Gasteiger partial charge is 0.480 e. The molecule has 3 rings (SSSR count). The third-order valence-electron chi connectivity index (χ3n) is 6.59. The number of amides is 4. The van der Waals surface area contributed by atoms with E-state index in [1.807, 2.05) is 44.2 Å². The lowest BCUT2D eigenvalue weighted by molar-refractivity contribution is -0.142. The van der Waals surface area contributed by atoms with Gasteiger partial charge in [-0.3, -0.25) is 19.2 Å². The van der Waals surface area contributed by atoms with Gasteiger partial charge in [-0.1, -0.05) is 56.3 Å². The van der Waals surface area contributed by atoms with Crippen LogP contribution in [0.2, 0.25) is 0 Å². The average molecular weight is 579 g/mol. The van der Waals surface area contributed by atoms with E-state index in [9.17, 15) is 29.1 Å². The van der Waals surface area contributed by atoms with Crippen LogP contribution in [0, 0.1) is 5.92 Å². The molecule has 4 amide bonds. The van der Waals surface area contributed by atoms with Crippen LogP contribution < -0.4 is 27.0 Å². The number of carboxylic acids is 1. The van der Waals surface area contributed by atoms with Crippen molar-refractivity contribution in [2.45, 2.75) is 51.2 Å². The molecule has 224 valence electrons. The van der Waals surface area contributed by atoms with Crippen molar-refractivity contribution < 1.29 is 29.1 Å². The third-order valence-corrected chi connectivity index (χ3v) is 6.59. The average Bonchev–Trinajstić information content (AvgIpc) is 3.44. The van der Waals surface area contributed by atoms with Gasteiger partial charge in [0.15, 0.2) is 0 Å². The molecule has 2 aromatic carbocycles. The predicted octanol–water partition coefficient (Wildman–Crippen LogP) is 0.613. The van der Waals surface area contributed by atoms with E-state index in [4.69, 9.17) is 5.73 Å². The van der Waals surface area contributed by atoms with Gasteiger partial charge in [0.2, 0.25) is 23.6 Å². The lowest BCUT2D eigenvalue weighted by Crippen LogP contribution is -2.54. The van der Waals surface area contributed by atoms with Gasteiger partial charge in [0, 0.05) is 23.5 Å². The molecule has 1 heterocycles. The fraction of sp³-hybridized carbons (Fsp3) is 0.367. The highest BCUT2D eigenvalue weighted by atomic mass is 16.4. The van der Waals surface area contributed by atoms with Gasteiger partial charge in [-0.05, 0) is 42.0 Å². The lowest BCUT2D eigenvalue weighted by atomic mass is 10.0. The number of rotatable bonds is 15. The molecule has 0 radical (unpaired) electrons. The number of hydrogen-bond donors (Lipinski definition) is 7. The van der Waals surface area contributed by atoms with Crippen LogP contribution in [-0.2, 0) is 36.8 Å². The number of nitrogens with two attached hydrogens (primary N) is 1. The first kappa shape index (κ1) is 31.8. The number of carboxylic acid groups (broad SMARTS) is 1. The van der Waals surface area contributed by atoms with Crippen LogP contribution in [0.5, 0.6) is 0 Å². The maximum Gasteiger partial charge on any atom is 0.326 e. The second-order valence-electron chi connectivity index (χ2n) is 10.5. The number of carbonyl (C=O) groups is 5. The molecule has 0 unspecified atom stereocenters. The number of aliphatic carboxylic acids is 1. The standard InChI is InChI=1S/C30H38N6O6/c1-18(2)13-25(30(41)42)36-29(40)24(14-19-7-4-3-5-8-19)35-27(38)17-33-26(37)16-34-28(39)22(31)15-20-9-6-10-23-21(20)11-12-32-23/h3-12,18,22,24-25,32H,13-17,31H2,1-2H3,(H,33,37)(H,34,39)(H,35,38)(H,36,40)(H,41,42)/t22-,24-,25-/m0/s1. The Morgan fingerprint density at radius 1 is 0.810 bits per heavy atom. The van der Waals surface area contributed by atoms with Crippen molar-refractivity contribution in [3.05, 3.63) is 71.9 Å². The van der Waals surface area contributed by atoms with Gasteiger partial charge in [-0.25, -0.2) is 4.79 Å². The Hall–Kier alpha value is -4.71. The van der Waals surface area contributed by atoms with Crippen LogP contribution in [0.4, 0.5) is 0 Å². The van der Waals surface area contributed by atoms with Crippen LogP contribution in [0.15, 0.2) is 60.8 Å². The fourth-order valence-electron chi connectivity index (χ4n) is 4.47. The molecule has 12 heteroatoms. The summed E-state index contributed by atoms with van der Waals surface area (Å²) in [5.74, 6) is -3.59. The lowest BCUT2D eigenvalue weighted by Gasteiger charge is -2.22. The van der Waals surface area contributed by atoms with Gasteiger partial charge in [0.1, 0.15) is 12.1 Å². The van der Waals surface area contributed by atoms with Gasteiger partial charge in [-0.15, -0.1) is 0 Å². The van der Waals surface area contributed by atoms with Crippen molar-refractivity contribution in [1.82, 2.24) is 26.3 Å². The Labute approximate surface area is 243 Å². The normalized spacial score (nSPS) is 13.1. The zero-order valence-corrected chi connectivity index (χ0v) is 23.7. The Morgan fingerprint density at radius 2 is 1.52 bits per heavy atom. The molecule has 0 aliphatic carbocycles. The number of carbonyl (C=O) groups excluding carboxylic acids is 4. The first-order chi connectivity index (χ1) is 20.0. The Bertz CT molecular complexity index is 1390. The second kappa shape index (κ2) is 15.3. The van der Waals surface area contributed by atoms with Gasteiger partial charge < -0.3 is 37.1 Å². The van der Waals surface area contributed by atoms with E-state index in [1.165, 1.54) is 0 Å². The van der Waals surface area contributed by atoms with Crippen molar-refractivity contribution in [3.8, 4) is 0 Å². The van der Waals surface area contributed by atoms with E-state index >= 15 is 0 Å². The van der Waals surface area contributed by atoms with E-state index in [0.717, 1.165) is 22.0 Å². The molecule has 8 N–H and O–H groups in total. The van der Waals surface area contributed by atoms with Gasteiger partial charge in [0.25, 0.3) is 0 Å². The molecular weight excluding hydrogens is 540 g/mol. The Morgan fingerprint density at radius 3 is 2.21 bits per heavy atom. The van der Waals surface area contributed by atoms with Crippen LogP contribution in [0.25, 0.3) is 10.9 Å². The maximum absolute atomic E-state index is 13.0. The summed E-state index contributed by atoms with van der Waals surface area (Å²) in [5.41, 5.74) is 8.63. The smallest absolute Gasteiger partial charge is 0.326 e. The number of benzene rings is 2. The van der Waals surface area contributed by atoms with E-state index in [0.29, 0.717) is 0 Å². The summed E-state index contributed by atoms with van der Waals surface area (Å²) in [6, 6.07) is 13.4. The van der Waals surface area contributed by atoms with Gasteiger partial charge in [0.05, 0.1) is 19.1 Å². The summed E-state index contributed by atoms with van der Waals surface area (Å²) >= 11 is 0. The summed E-state index contributed by atoms with van der Waals surface area (Å²) in [4.78, 5) is 65.2. The van der Waals surface area contributed by atoms with Gasteiger partial charge >= 0.3 is 5.97 Å². The summed E-state index contributed by atoms with van der Waals surface area (Å²) < 4.78 is 0. The SMILES string of the molecule is CC(C)C[C@H](NC(=O)[C@H](Cc1ccccc1)NC(=O)CNC(=O)CNC(=O)[C@@H](N)Cc1cccc2[nH]ccc12)C(=O)O. The van der Waals surface area contributed by atoms with Crippen molar-refractivity contribution in [3.63, 3.8) is 0 Å². The fourth-order valence-corrected chi connectivity index (χ4v) is 4.47. The van der Waals surface area contributed by atoms with Crippen molar-refractivity contribution in [1.29, 1.82) is 0 Å². The summed E-state index contributed by atoms with van der Waals surface area (Å²) in [5, 5.41) is 20.4. The topological polar surface area (TPSA) is 196 Å². The molecule has 0 bridgehead atoms. The van der Waals surface area contributed by atoms with Crippen LogP contribution in [0.3, 0.4) is 0 Å². The summed E-state index contributed by atoms with van der Waals surface area (Å²) in [6.07, 6.45) is 2.41. The Balaban J connectivity index is 1.50. The molecule has 0 aliphatic rings. The van der Waals surface area contributed by atoms with E-state index in [2.05, 4.69) is 26.3 Å². The highest BCUT2D eigenvalue weighted by molar-refractivity contribution is 5.93. The zero-order chi connectivity index (χ0) is 30.6. The van der Waals surface area contributed by atoms with Crippen LogP contribution >= 0.6 is 0 Å². The summed E-state index contributed by atoms with van der Waals surface area (Å²) in [7, 11) is 0. The number of aromatic amines is 1. The Kier molecular flexibility index (Phi) is 11.6. The maximum atomic E-state index is 13.0. The van der Waals surface area contributed by atoms with E-state index in [1.54, 1.807) is 30.5 Å². The molecule has 0 saturated carbocycles. The number of H-pyrrole nitrogens is 1. The second-order valence-corrected chi connectivity index (χ2v) is 10.5.